The number of rotatable bonds is 3. The van der Waals surface area contributed by atoms with Crippen molar-refractivity contribution < 1.29 is 17.9 Å². The summed E-state index contributed by atoms with van der Waals surface area (Å²) in [5.41, 5.74) is 6.05. The van der Waals surface area contributed by atoms with Crippen LogP contribution in [0.5, 0.6) is 11.5 Å². The molecule has 2 rings (SSSR count). The molecule has 108 valence electrons. The average molecular weight is 292 g/mol. The standard InChI is InChI=1S/C15H11F3N2O/c16-15(17,18)11-1-3-12(4-2-11)21-13-5-6-14(20)10(9-13)7-8-19/h1-6,9H,7,20H2. The van der Waals surface area contributed by atoms with E-state index in [4.69, 9.17) is 15.7 Å². The predicted molar refractivity (Wildman–Crippen MR) is 71.7 cm³/mol. The van der Waals surface area contributed by atoms with Crippen LogP contribution in [0.2, 0.25) is 0 Å². The van der Waals surface area contributed by atoms with Crippen molar-refractivity contribution >= 4 is 5.69 Å². The van der Waals surface area contributed by atoms with Crippen molar-refractivity contribution in [1.29, 1.82) is 5.26 Å². The molecule has 0 unspecified atom stereocenters. The third kappa shape index (κ3) is 3.66. The molecule has 2 N–H and O–H groups in total. The van der Waals surface area contributed by atoms with Crippen LogP contribution in [0.4, 0.5) is 18.9 Å². The second-order valence-corrected chi connectivity index (χ2v) is 4.32. The summed E-state index contributed by atoms with van der Waals surface area (Å²) >= 11 is 0. The number of hydrogen-bond donors (Lipinski definition) is 1. The van der Waals surface area contributed by atoms with Crippen LogP contribution in [0, 0.1) is 11.3 Å². The molecule has 0 aliphatic heterocycles. The second-order valence-electron chi connectivity index (χ2n) is 4.32. The first-order chi connectivity index (χ1) is 9.90. The zero-order chi connectivity index (χ0) is 15.5. The first-order valence-electron chi connectivity index (χ1n) is 6.00. The van der Waals surface area contributed by atoms with Crippen LogP contribution in [0.25, 0.3) is 0 Å². The first-order valence-corrected chi connectivity index (χ1v) is 6.00. The molecule has 0 fully saturated rings. The number of anilines is 1. The maximum Gasteiger partial charge on any atom is 0.416 e. The highest BCUT2D eigenvalue weighted by molar-refractivity contribution is 5.52. The van der Waals surface area contributed by atoms with Gasteiger partial charge in [-0.1, -0.05) is 0 Å². The summed E-state index contributed by atoms with van der Waals surface area (Å²) in [6.07, 6.45) is -4.24. The van der Waals surface area contributed by atoms with Gasteiger partial charge >= 0.3 is 6.18 Å². The number of nitrogen functional groups attached to an aromatic ring is 1. The highest BCUT2D eigenvalue weighted by Crippen LogP contribution is 2.31. The fourth-order valence-corrected chi connectivity index (χ4v) is 1.73. The molecule has 0 aliphatic rings. The van der Waals surface area contributed by atoms with Crippen molar-refractivity contribution in [2.24, 2.45) is 0 Å². The lowest BCUT2D eigenvalue weighted by atomic mass is 10.1. The summed E-state index contributed by atoms with van der Waals surface area (Å²) < 4.78 is 42.8. The van der Waals surface area contributed by atoms with Crippen molar-refractivity contribution in [3.05, 3.63) is 53.6 Å². The lowest BCUT2D eigenvalue weighted by Crippen LogP contribution is -2.04. The molecule has 0 aromatic heterocycles. The fraction of sp³-hybridized carbons (Fsp3) is 0.133. The fourth-order valence-electron chi connectivity index (χ4n) is 1.73. The van der Waals surface area contributed by atoms with Gasteiger partial charge in [0.25, 0.3) is 0 Å². The molecule has 0 saturated heterocycles. The lowest BCUT2D eigenvalue weighted by molar-refractivity contribution is -0.137. The average Bonchev–Trinajstić information content (AvgIpc) is 2.42. The molecule has 0 saturated carbocycles. The Kier molecular flexibility index (Phi) is 4.03. The Morgan fingerprint density at radius 3 is 2.24 bits per heavy atom. The summed E-state index contributed by atoms with van der Waals surface area (Å²) in [5, 5.41) is 8.68. The van der Waals surface area contributed by atoms with Gasteiger partial charge in [0, 0.05) is 5.69 Å². The quantitative estimate of drug-likeness (QED) is 0.865. The number of nitriles is 1. The number of nitrogens with two attached hydrogens (primary N) is 1. The Morgan fingerprint density at radius 1 is 1.05 bits per heavy atom. The minimum Gasteiger partial charge on any atom is -0.457 e. The zero-order valence-corrected chi connectivity index (χ0v) is 10.8. The van der Waals surface area contributed by atoms with Crippen molar-refractivity contribution in [2.45, 2.75) is 12.6 Å². The van der Waals surface area contributed by atoms with Crippen LogP contribution in [0.15, 0.2) is 42.5 Å². The summed E-state index contributed by atoms with van der Waals surface area (Å²) in [6, 6.07) is 11.1. The van der Waals surface area contributed by atoms with Crippen LogP contribution in [-0.4, -0.2) is 0 Å². The van der Waals surface area contributed by atoms with E-state index in [2.05, 4.69) is 0 Å². The molecule has 0 heterocycles. The Balaban J connectivity index is 2.19. The number of alkyl halides is 3. The second kappa shape index (κ2) is 5.75. The third-order valence-electron chi connectivity index (χ3n) is 2.80. The molecular formula is C15H11F3N2O. The maximum absolute atomic E-state index is 12.4. The van der Waals surface area contributed by atoms with Gasteiger partial charge < -0.3 is 10.5 Å². The molecule has 6 heteroatoms. The van der Waals surface area contributed by atoms with E-state index in [1.807, 2.05) is 6.07 Å². The molecule has 3 nitrogen and oxygen atoms in total. The molecule has 0 bridgehead atoms. The SMILES string of the molecule is N#CCc1cc(Oc2ccc(C(F)(F)F)cc2)ccc1N. The van der Waals surface area contributed by atoms with Gasteiger partial charge in [0.1, 0.15) is 11.5 Å². The van der Waals surface area contributed by atoms with Crippen molar-refractivity contribution in [3.63, 3.8) is 0 Å². The van der Waals surface area contributed by atoms with E-state index < -0.39 is 11.7 Å². The van der Waals surface area contributed by atoms with Gasteiger partial charge in [0.2, 0.25) is 0 Å². The Labute approximate surface area is 119 Å². The Hall–Kier alpha value is -2.68. The molecule has 21 heavy (non-hydrogen) atoms. The summed E-state index contributed by atoms with van der Waals surface area (Å²) in [4.78, 5) is 0. The van der Waals surface area contributed by atoms with E-state index in [9.17, 15) is 13.2 Å². The normalized spacial score (nSPS) is 11.0. The van der Waals surface area contributed by atoms with Crippen LogP contribution < -0.4 is 10.5 Å². The van der Waals surface area contributed by atoms with Crippen molar-refractivity contribution in [1.82, 2.24) is 0 Å². The summed E-state index contributed by atoms with van der Waals surface area (Å²) in [7, 11) is 0. The van der Waals surface area contributed by atoms with E-state index in [1.54, 1.807) is 18.2 Å². The van der Waals surface area contributed by atoms with Gasteiger partial charge in [0.05, 0.1) is 18.1 Å². The highest BCUT2D eigenvalue weighted by atomic mass is 19.4. The maximum atomic E-state index is 12.4. The monoisotopic (exact) mass is 292 g/mol. The van der Waals surface area contributed by atoms with Crippen LogP contribution in [-0.2, 0) is 12.6 Å². The van der Waals surface area contributed by atoms with E-state index in [-0.39, 0.29) is 12.2 Å². The van der Waals surface area contributed by atoms with Gasteiger partial charge in [0.15, 0.2) is 0 Å². The molecule has 0 spiro atoms. The van der Waals surface area contributed by atoms with Crippen LogP contribution in [0.1, 0.15) is 11.1 Å². The highest BCUT2D eigenvalue weighted by Gasteiger charge is 2.30. The minimum absolute atomic E-state index is 0.135. The number of hydrogen-bond acceptors (Lipinski definition) is 3. The van der Waals surface area contributed by atoms with Gasteiger partial charge in [-0.2, -0.15) is 18.4 Å². The molecule has 2 aromatic rings. The summed E-state index contributed by atoms with van der Waals surface area (Å²) in [5.74, 6) is 0.685. The first kappa shape index (κ1) is 14.7. The van der Waals surface area contributed by atoms with Crippen LogP contribution >= 0.6 is 0 Å². The van der Waals surface area contributed by atoms with Gasteiger partial charge in [-0.05, 0) is 48.0 Å². The molecule has 0 atom stereocenters. The molecule has 0 radical (unpaired) electrons. The van der Waals surface area contributed by atoms with Crippen LogP contribution in [0.3, 0.4) is 0 Å². The van der Waals surface area contributed by atoms with E-state index >= 15 is 0 Å². The number of halogens is 3. The predicted octanol–water partition coefficient (Wildman–Crippen LogP) is 4.15. The van der Waals surface area contributed by atoms with Gasteiger partial charge in [-0.25, -0.2) is 0 Å². The van der Waals surface area contributed by atoms with Gasteiger partial charge in [-0.15, -0.1) is 0 Å². The largest absolute Gasteiger partial charge is 0.457 e. The molecular weight excluding hydrogens is 281 g/mol. The Morgan fingerprint density at radius 2 is 1.67 bits per heavy atom. The Bertz CT molecular complexity index is 673. The van der Waals surface area contributed by atoms with Crippen molar-refractivity contribution in [2.75, 3.05) is 5.73 Å². The van der Waals surface area contributed by atoms with E-state index in [0.29, 0.717) is 17.0 Å². The smallest absolute Gasteiger partial charge is 0.416 e. The van der Waals surface area contributed by atoms with E-state index in [0.717, 1.165) is 12.1 Å². The van der Waals surface area contributed by atoms with E-state index in [1.165, 1.54) is 12.1 Å². The third-order valence-corrected chi connectivity index (χ3v) is 2.80. The molecule has 0 aliphatic carbocycles. The van der Waals surface area contributed by atoms with Crippen molar-refractivity contribution in [3.8, 4) is 17.6 Å². The molecule has 0 amide bonds. The number of ether oxygens (including phenoxy) is 1. The lowest BCUT2D eigenvalue weighted by Gasteiger charge is -2.10. The number of nitrogens with zero attached hydrogens (tertiary/aromatic N) is 1. The zero-order valence-electron chi connectivity index (χ0n) is 10.8. The number of benzene rings is 2. The summed E-state index contributed by atoms with van der Waals surface area (Å²) in [6.45, 7) is 0. The topological polar surface area (TPSA) is 59.0 Å². The molecule has 2 aromatic carbocycles. The van der Waals surface area contributed by atoms with Gasteiger partial charge in [-0.3, -0.25) is 0 Å². The minimum atomic E-state index is -4.38.